The van der Waals surface area contributed by atoms with Crippen molar-refractivity contribution in [1.29, 1.82) is 0 Å². The van der Waals surface area contributed by atoms with Gasteiger partial charge in [0.25, 0.3) is 0 Å². The lowest BCUT2D eigenvalue weighted by atomic mass is 9.87. The minimum atomic E-state index is -0.410. The van der Waals surface area contributed by atoms with Crippen molar-refractivity contribution in [3.05, 3.63) is 59.7 Å². The number of benzene rings is 2. The zero-order chi connectivity index (χ0) is 16.2. The first-order valence-electron chi connectivity index (χ1n) is 7.46. The average Bonchev–Trinajstić information content (AvgIpc) is 2.47. The topological polar surface area (TPSA) is 35.5 Å². The second kappa shape index (κ2) is 6.65. The first-order chi connectivity index (χ1) is 10.4. The third-order valence-corrected chi connectivity index (χ3v) is 3.34. The molecule has 0 amide bonds. The van der Waals surface area contributed by atoms with Crippen molar-refractivity contribution >= 4 is 5.97 Å². The maximum absolute atomic E-state index is 12.3. The van der Waals surface area contributed by atoms with Gasteiger partial charge in [0.1, 0.15) is 17.1 Å². The molecule has 3 heteroatoms. The number of hydrogen-bond acceptors (Lipinski definition) is 3. The van der Waals surface area contributed by atoms with Gasteiger partial charge in [0.05, 0.1) is 6.61 Å². The molecule has 0 radical (unpaired) electrons. The van der Waals surface area contributed by atoms with Gasteiger partial charge in [0.15, 0.2) is 0 Å². The molecule has 0 heterocycles. The highest BCUT2D eigenvalue weighted by atomic mass is 16.5. The van der Waals surface area contributed by atoms with E-state index in [4.69, 9.17) is 9.47 Å². The predicted octanol–water partition coefficient (Wildman–Crippen LogP) is 4.60. The van der Waals surface area contributed by atoms with Crippen molar-refractivity contribution in [3.8, 4) is 11.5 Å². The summed E-state index contributed by atoms with van der Waals surface area (Å²) in [6.45, 7) is 8.82. The lowest BCUT2D eigenvalue weighted by Crippen LogP contribution is -2.12. The van der Waals surface area contributed by atoms with Crippen LogP contribution < -0.4 is 9.47 Å². The molecule has 0 aliphatic rings. The lowest BCUT2D eigenvalue weighted by Gasteiger charge is -2.19. The summed E-state index contributed by atoms with van der Waals surface area (Å²) < 4.78 is 10.9. The van der Waals surface area contributed by atoms with Gasteiger partial charge in [-0.05, 0) is 42.2 Å². The van der Waals surface area contributed by atoms with Gasteiger partial charge < -0.3 is 9.47 Å². The molecule has 3 nitrogen and oxygen atoms in total. The predicted molar refractivity (Wildman–Crippen MR) is 87.7 cm³/mol. The molecule has 0 saturated heterocycles. The number of ether oxygens (including phenoxy) is 2. The highest BCUT2D eigenvalue weighted by molar-refractivity contribution is 5.93. The van der Waals surface area contributed by atoms with Crippen LogP contribution in [0.5, 0.6) is 11.5 Å². The van der Waals surface area contributed by atoms with Gasteiger partial charge in [0.2, 0.25) is 0 Å². The summed E-state index contributed by atoms with van der Waals surface area (Å²) >= 11 is 0. The molecule has 0 fully saturated rings. The Labute approximate surface area is 131 Å². The van der Waals surface area contributed by atoms with Crippen LogP contribution in [0.15, 0.2) is 48.5 Å². The normalized spacial score (nSPS) is 11.1. The molecule has 0 aliphatic heterocycles. The van der Waals surface area contributed by atoms with Gasteiger partial charge in [0, 0.05) is 0 Å². The van der Waals surface area contributed by atoms with Crippen LogP contribution in [-0.4, -0.2) is 12.6 Å². The summed E-state index contributed by atoms with van der Waals surface area (Å²) in [6.07, 6.45) is 0. The first kappa shape index (κ1) is 16.1. The van der Waals surface area contributed by atoms with Crippen LogP contribution in [0, 0.1) is 0 Å². The van der Waals surface area contributed by atoms with Crippen LogP contribution in [0.3, 0.4) is 0 Å². The van der Waals surface area contributed by atoms with E-state index in [-0.39, 0.29) is 5.41 Å². The second-order valence-corrected chi connectivity index (χ2v) is 6.09. The largest absolute Gasteiger partial charge is 0.493 e. The van der Waals surface area contributed by atoms with Crippen molar-refractivity contribution in [2.24, 2.45) is 0 Å². The van der Waals surface area contributed by atoms with Crippen LogP contribution in [-0.2, 0) is 5.41 Å². The number of esters is 1. The molecule has 2 aromatic rings. The Bertz CT molecular complexity index is 636. The van der Waals surface area contributed by atoms with Crippen LogP contribution >= 0.6 is 0 Å². The lowest BCUT2D eigenvalue weighted by molar-refractivity contribution is 0.0730. The van der Waals surface area contributed by atoms with Crippen molar-refractivity contribution in [2.75, 3.05) is 6.61 Å². The van der Waals surface area contributed by atoms with Gasteiger partial charge in [-0.3, -0.25) is 0 Å². The third kappa shape index (κ3) is 3.88. The minimum Gasteiger partial charge on any atom is -0.493 e. The summed E-state index contributed by atoms with van der Waals surface area (Å²) in [6, 6.07) is 14.7. The Hall–Kier alpha value is -2.29. The average molecular weight is 298 g/mol. The van der Waals surface area contributed by atoms with Gasteiger partial charge in [-0.2, -0.15) is 0 Å². The van der Waals surface area contributed by atoms with E-state index < -0.39 is 5.97 Å². The Kier molecular flexibility index (Phi) is 4.86. The number of carbonyl (C=O) groups is 1. The molecule has 116 valence electrons. The molecule has 0 N–H and O–H groups in total. The molecular weight excluding hydrogens is 276 g/mol. The van der Waals surface area contributed by atoms with E-state index in [1.54, 1.807) is 18.2 Å². The summed E-state index contributed by atoms with van der Waals surface area (Å²) in [4.78, 5) is 12.3. The van der Waals surface area contributed by atoms with Gasteiger partial charge in [-0.15, -0.1) is 0 Å². The molecule has 2 rings (SSSR count). The van der Waals surface area contributed by atoms with E-state index in [1.807, 2.05) is 37.3 Å². The van der Waals surface area contributed by atoms with E-state index in [0.29, 0.717) is 23.7 Å². The number of hydrogen-bond donors (Lipinski definition) is 0. The van der Waals surface area contributed by atoms with Gasteiger partial charge >= 0.3 is 5.97 Å². The van der Waals surface area contributed by atoms with Crippen LogP contribution in [0.25, 0.3) is 0 Å². The quantitative estimate of drug-likeness (QED) is 0.611. The van der Waals surface area contributed by atoms with Crippen molar-refractivity contribution in [2.45, 2.75) is 33.1 Å². The highest BCUT2D eigenvalue weighted by Crippen LogP contribution is 2.25. The zero-order valence-electron chi connectivity index (χ0n) is 13.6. The monoisotopic (exact) mass is 298 g/mol. The van der Waals surface area contributed by atoms with Gasteiger partial charge in [-0.1, -0.05) is 45.0 Å². The van der Waals surface area contributed by atoms with Crippen molar-refractivity contribution < 1.29 is 14.3 Å². The fourth-order valence-corrected chi connectivity index (χ4v) is 2.10. The maximum atomic E-state index is 12.3. The molecule has 2 aromatic carbocycles. The summed E-state index contributed by atoms with van der Waals surface area (Å²) in [7, 11) is 0. The number of carbonyl (C=O) groups excluding carboxylic acids is 1. The van der Waals surface area contributed by atoms with Crippen molar-refractivity contribution in [1.82, 2.24) is 0 Å². The Morgan fingerprint density at radius 3 is 2.23 bits per heavy atom. The fraction of sp³-hybridized carbons (Fsp3) is 0.316. The highest BCUT2D eigenvalue weighted by Gasteiger charge is 2.16. The van der Waals surface area contributed by atoms with Gasteiger partial charge in [-0.25, -0.2) is 4.79 Å². The standard InChI is InChI=1S/C19H22O3/c1-5-21-17-9-7-6-8-16(17)18(20)22-15-12-10-14(11-13-15)19(2,3)4/h6-13H,5H2,1-4H3. The SMILES string of the molecule is CCOc1ccccc1C(=O)Oc1ccc(C(C)(C)C)cc1. The van der Waals surface area contributed by atoms with Crippen molar-refractivity contribution in [3.63, 3.8) is 0 Å². The minimum absolute atomic E-state index is 0.0735. The van der Waals surface area contributed by atoms with E-state index in [9.17, 15) is 4.79 Å². The molecule has 0 aliphatic carbocycles. The summed E-state index contributed by atoms with van der Waals surface area (Å²) in [5.41, 5.74) is 1.70. The maximum Gasteiger partial charge on any atom is 0.347 e. The molecule has 0 atom stereocenters. The van der Waals surface area contributed by atoms with Crippen LogP contribution in [0.1, 0.15) is 43.6 Å². The zero-order valence-corrected chi connectivity index (χ0v) is 13.6. The Morgan fingerprint density at radius 1 is 1.00 bits per heavy atom. The molecule has 0 saturated carbocycles. The molecule has 0 aromatic heterocycles. The van der Waals surface area contributed by atoms with E-state index in [0.717, 1.165) is 0 Å². The molecular formula is C19H22O3. The Morgan fingerprint density at radius 2 is 1.64 bits per heavy atom. The smallest absolute Gasteiger partial charge is 0.347 e. The Balaban J connectivity index is 2.16. The third-order valence-electron chi connectivity index (χ3n) is 3.34. The molecule has 0 bridgehead atoms. The number of para-hydroxylation sites is 1. The fourth-order valence-electron chi connectivity index (χ4n) is 2.10. The van der Waals surface area contributed by atoms with E-state index >= 15 is 0 Å². The second-order valence-electron chi connectivity index (χ2n) is 6.09. The summed E-state index contributed by atoms with van der Waals surface area (Å²) in [5, 5.41) is 0. The first-order valence-corrected chi connectivity index (χ1v) is 7.46. The van der Waals surface area contributed by atoms with Crippen LogP contribution in [0.4, 0.5) is 0 Å². The summed E-state index contributed by atoms with van der Waals surface area (Å²) in [5.74, 6) is 0.665. The molecule has 0 spiro atoms. The van der Waals surface area contributed by atoms with Crippen LogP contribution in [0.2, 0.25) is 0 Å². The number of rotatable bonds is 4. The molecule has 0 unspecified atom stereocenters. The molecule has 22 heavy (non-hydrogen) atoms. The van der Waals surface area contributed by atoms with E-state index in [1.165, 1.54) is 5.56 Å². The van der Waals surface area contributed by atoms with E-state index in [2.05, 4.69) is 20.8 Å².